The van der Waals surface area contributed by atoms with Gasteiger partial charge in [0.15, 0.2) is 0 Å². The number of carboxylic acids is 4. The van der Waals surface area contributed by atoms with Crippen LogP contribution in [0.15, 0.2) is 41.0 Å². The van der Waals surface area contributed by atoms with Crippen molar-refractivity contribution in [2.24, 2.45) is 0 Å². The first-order valence-electron chi connectivity index (χ1n) is 8.19. The normalized spacial score (nSPS) is 7.81. The number of benzene rings is 1. The summed E-state index contributed by atoms with van der Waals surface area (Å²) in [6.45, 7) is 3.89. The molecule has 13 heteroatoms. The van der Waals surface area contributed by atoms with Crippen LogP contribution in [-0.2, 0) is 19.2 Å². The van der Waals surface area contributed by atoms with E-state index >= 15 is 0 Å². The molecule has 2 rings (SSSR count). The number of anilines is 1. The van der Waals surface area contributed by atoms with Crippen molar-refractivity contribution >= 4 is 72.9 Å². The van der Waals surface area contributed by atoms with Gasteiger partial charge in [0.2, 0.25) is 0 Å². The number of carbonyl (C=O) groups excluding carboxylic acids is 4. The summed E-state index contributed by atoms with van der Waals surface area (Å²) in [5, 5.41) is 46.4. The second-order valence-corrected chi connectivity index (χ2v) is 5.97. The molecule has 32 heavy (non-hydrogen) atoms. The van der Waals surface area contributed by atoms with Crippen LogP contribution in [0.25, 0.3) is 11.1 Å². The van der Waals surface area contributed by atoms with E-state index in [9.17, 15) is 0 Å². The molecular weight excluding hydrogens is 685 g/mol. The van der Waals surface area contributed by atoms with Crippen molar-refractivity contribution in [2.45, 2.75) is 27.7 Å². The number of hydrogen-bond acceptors (Lipinski definition) is 11. The smallest absolute Gasteiger partial charge is 0.149 e. The molecular formula is C19H22BrN3O8Pb-4. The van der Waals surface area contributed by atoms with Crippen LogP contribution in [-0.4, -0.2) is 68.4 Å². The maximum absolute atomic E-state index is 8.89. The zero-order chi connectivity index (χ0) is 25.0. The van der Waals surface area contributed by atoms with E-state index in [1.165, 1.54) is 0 Å². The topological polar surface area (TPSA) is 198 Å². The van der Waals surface area contributed by atoms with Crippen LogP contribution >= 0.6 is 15.9 Å². The third-order valence-corrected chi connectivity index (χ3v) is 2.56. The van der Waals surface area contributed by atoms with Gasteiger partial charge in [-0.3, -0.25) is 0 Å². The average molecular weight is 708 g/mol. The first kappa shape index (κ1) is 36.7. The van der Waals surface area contributed by atoms with Crippen molar-refractivity contribution < 1.29 is 39.6 Å². The van der Waals surface area contributed by atoms with E-state index in [1.54, 1.807) is 6.20 Å². The van der Waals surface area contributed by atoms with Crippen molar-refractivity contribution in [3.8, 4) is 11.1 Å². The number of aromatic nitrogens is 2. The Balaban J connectivity index is -0.000000192. The Labute approximate surface area is 214 Å². The number of nitrogens with one attached hydrogen (secondary N) is 1. The fraction of sp³-hybridized carbons (Fsp3) is 0.263. The summed E-state index contributed by atoms with van der Waals surface area (Å²) in [6, 6.07) is 10.1. The number of carboxylic acid groups (broad SMARTS) is 4. The van der Waals surface area contributed by atoms with Gasteiger partial charge in [0, 0.05) is 68.3 Å². The quantitative estimate of drug-likeness (QED) is 0.327. The van der Waals surface area contributed by atoms with Crippen molar-refractivity contribution in [3.63, 3.8) is 0 Å². The van der Waals surface area contributed by atoms with E-state index in [1.807, 2.05) is 31.3 Å². The third-order valence-electron chi connectivity index (χ3n) is 2.07. The maximum Gasteiger partial charge on any atom is 0.149 e. The maximum atomic E-state index is 8.89. The van der Waals surface area contributed by atoms with Crippen molar-refractivity contribution in [1.29, 1.82) is 0 Å². The van der Waals surface area contributed by atoms with Crippen LogP contribution in [0, 0.1) is 0 Å². The number of aliphatic carboxylic acids is 4. The molecule has 0 aliphatic rings. The van der Waals surface area contributed by atoms with Gasteiger partial charge in [0.25, 0.3) is 0 Å². The Morgan fingerprint density at radius 2 is 1.22 bits per heavy atom. The molecule has 1 N–H and O–H groups in total. The van der Waals surface area contributed by atoms with Gasteiger partial charge in [-0.15, -0.1) is 5.10 Å². The van der Waals surface area contributed by atoms with Gasteiger partial charge in [0.1, 0.15) is 5.82 Å². The van der Waals surface area contributed by atoms with Crippen LogP contribution in [0.5, 0.6) is 0 Å². The minimum Gasteiger partial charge on any atom is -0.550 e. The van der Waals surface area contributed by atoms with E-state index in [-0.39, 0.29) is 27.3 Å². The van der Waals surface area contributed by atoms with Gasteiger partial charge in [-0.1, -0.05) is 28.1 Å². The van der Waals surface area contributed by atoms with Crippen LogP contribution < -0.4 is 25.7 Å². The van der Waals surface area contributed by atoms with E-state index in [0.29, 0.717) is 0 Å². The molecule has 1 heterocycles. The molecule has 1 aromatic heterocycles. The van der Waals surface area contributed by atoms with Crippen LogP contribution in [0.4, 0.5) is 5.82 Å². The molecule has 0 unspecified atom stereocenters. The molecule has 2 aromatic rings. The van der Waals surface area contributed by atoms with Gasteiger partial charge >= 0.3 is 0 Å². The van der Waals surface area contributed by atoms with Gasteiger partial charge in [-0.25, -0.2) is 0 Å². The summed E-state index contributed by atoms with van der Waals surface area (Å²) < 4.78 is 1.06. The summed E-state index contributed by atoms with van der Waals surface area (Å²) >= 11 is 3.44. The first-order chi connectivity index (χ1) is 14.2. The average Bonchev–Trinajstić information content (AvgIpc) is 2.60. The van der Waals surface area contributed by atoms with E-state index in [4.69, 9.17) is 39.6 Å². The molecule has 0 saturated heterocycles. The molecule has 11 nitrogen and oxygen atoms in total. The summed E-state index contributed by atoms with van der Waals surface area (Å²) in [7, 11) is 1.83. The van der Waals surface area contributed by atoms with Gasteiger partial charge in [-0.2, -0.15) is 5.10 Å². The molecule has 0 aliphatic carbocycles. The zero-order valence-electron chi connectivity index (χ0n) is 18.0. The second-order valence-electron chi connectivity index (χ2n) is 5.06. The number of hydrogen-bond donors (Lipinski definition) is 1. The predicted octanol–water partition coefficient (Wildman–Crippen LogP) is -2.41. The zero-order valence-corrected chi connectivity index (χ0v) is 23.5. The minimum atomic E-state index is -1.08. The molecule has 0 bridgehead atoms. The molecule has 0 atom stereocenters. The van der Waals surface area contributed by atoms with Gasteiger partial charge < -0.3 is 44.9 Å². The van der Waals surface area contributed by atoms with Crippen LogP contribution in [0.1, 0.15) is 27.7 Å². The molecule has 0 amide bonds. The molecule has 0 saturated carbocycles. The van der Waals surface area contributed by atoms with E-state index < -0.39 is 23.9 Å². The van der Waals surface area contributed by atoms with Crippen molar-refractivity contribution in [2.75, 3.05) is 12.4 Å². The SMILES string of the molecule is CC(=O)[O-].CC(=O)[O-].CC(=O)[O-].CC(=O)[O-].CNc1cc(-c2cccc(Br)c2)cnn1.[Pb]. The number of carbonyl (C=O) groups is 4. The van der Waals surface area contributed by atoms with Crippen molar-refractivity contribution in [1.82, 2.24) is 10.2 Å². The molecule has 0 fully saturated rings. The molecule has 0 aliphatic heterocycles. The number of rotatable bonds is 2. The van der Waals surface area contributed by atoms with Crippen LogP contribution in [0.3, 0.4) is 0 Å². The predicted molar refractivity (Wildman–Crippen MR) is 113 cm³/mol. The summed E-state index contributed by atoms with van der Waals surface area (Å²) in [4.78, 5) is 35.6. The van der Waals surface area contributed by atoms with Crippen LogP contribution in [0.2, 0.25) is 0 Å². The fourth-order valence-electron chi connectivity index (χ4n) is 1.31. The fourth-order valence-corrected chi connectivity index (χ4v) is 1.71. The number of nitrogens with zero attached hydrogens (tertiary/aromatic N) is 2. The largest absolute Gasteiger partial charge is 0.550 e. The van der Waals surface area contributed by atoms with Gasteiger partial charge in [0.05, 0.1) is 6.20 Å². The molecule has 176 valence electrons. The first-order valence-corrected chi connectivity index (χ1v) is 8.98. The summed E-state index contributed by atoms with van der Waals surface area (Å²) in [6.07, 6.45) is 1.75. The monoisotopic (exact) mass is 707 g/mol. The minimum absolute atomic E-state index is 0. The molecule has 1 aromatic carbocycles. The Morgan fingerprint density at radius 3 is 1.56 bits per heavy atom. The Bertz CT molecular complexity index is 774. The number of halogens is 1. The van der Waals surface area contributed by atoms with Gasteiger partial charge in [-0.05, 0) is 51.5 Å². The molecule has 4 radical (unpaired) electrons. The van der Waals surface area contributed by atoms with E-state index in [2.05, 4.69) is 37.5 Å². The van der Waals surface area contributed by atoms with E-state index in [0.717, 1.165) is 49.1 Å². The summed E-state index contributed by atoms with van der Waals surface area (Å²) in [5.74, 6) is -3.56. The standard InChI is InChI=1S/C11H10BrN3.4C2H4O2.Pb/c1-13-11-6-9(7-14-15-11)8-3-2-4-10(12)5-8;4*1-2(3)4;/h2-7H,1H3,(H,13,15);4*1H3,(H,3,4);/p-4. The second kappa shape index (κ2) is 23.1. The summed E-state index contributed by atoms with van der Waals surface area (Å²) in [5.41, 5.74) is 2.17. The Kier molecular flexibility index (Phi) is 26.5. The Morgan fingerprint density at radius 1 is 0.812 bits per heavy atom. The third kappa shape index (κ3) is 34.9. The Hall–Kier alpha value is -2.62. The van der Waals surface area contributed by atoms with Crippen molar-refractivity contribution in [3.05, 3.63) is 41.0 Å². The molecule has 0 spiro atoms.